The molecule has 0 unspecified atom stereocenters. The van der Waals surface area contributed by atoms with E-state index in [1.165, 1.54) is 12.8 Å². The molecule has 1 rings (SSSR count). The van der Waals surface area contributed by atoms with Gasteiger partial charge in [-0.3, -0.25) is 0 Å². The first-order chi connectivity index (χ1) is 4.94. The average molecular weight is 156 g/mol. The van der Waals surface area contributed by atoms with Gasteiger partial charge in [-0.2, -0.15) is 0 Å². The third-order valence-electron chi connectivity index (χ3n) is 4.27. The predicted octanol–water partition coefficient (Wildman–Crippen LogP) is 2.44. The van der Waals surface area contributed by atoms with Crippen molar-refractivity contribution in [2.24, 2.45) is 16.7 Å². The van der Waals surface area contributed by atoms with Gasteiger partial charge in [-0.25, -0.2) is 0 Å². The first-order valence-electron chi connectivity index (χ1n) is 4.55. The summed E-state index contributed by atoms with van der Waals surface area (Å²) in [4.78, 5) is 0. The maximum Gasteiger partial charge on any atom is 0.0489 e. The van der Waals surface area contributed by atoms with E-state index in [4.69, 9.17) is 0 Å². The summed E-state index contributed by atoms with van der Waals surface area (Å²) in [6.45, 7) is 9.39. The Bertz CT molecular complexity index is 148. The van der Waals surface area contributed by atoms with E-state index in [0.717, 1.165) is 5.92 Å². The Labute approximate surface area is 69.8 Å². The van der Waals surface area contributed by atoms with E-state index in [-0.39, 0.29) is 5.41 Å². The van der Waals surface area contributed by atoms with Crippen LogP contribution in [0.3, 0.4) is 0 Å². The van der Waals surface area contributed by atoms with Crippen molar-refractivity contribution in [2.75, 3.05) is 6.61 Å². The molecular weight excluding hydrogens is 136 g/mol. The van der Waals surface area contributed by atoms with Crippen molar-refractivity contribution >= 4 is 0 Å². The third-order valence-corrected chi connectivity index (χ3v) is 4.27. The molecule has 0 heterocycles. The molecule has 2 atom stereocenters. The summed E-state index contributed by atoms with van der Waals surface area (Å²) in [6.07, 6.45) is 2.45. The molecule has 1 N–H and O–H groups in total. The smallest absolute Gasteiger partial charge is 0.0489 e. The molecule has 0 saturated heterocycles. The minimum absolute atomic E-state index is 0.159. The van der Waals surface area contributed by atoms with Gasteiger partial charge in [0.1, 0.15) is 0 Å². The lowest BCUT2D eigenvalue weighted by molar-refractivity contribution is 0.0298. The van der Waals surface area contributed by atoms with Crippen molar-refractivity contribution < 1.29 is 5.11 Å². The second-order valence-electron chi connectivity index (χ2n) is 4.88. The second-order valence-corrected chi connectivity index (χ2v) is 4.88. The SMILES string of the molecule is C[C@H]1CC[C@@](C)(CO)C1(C)C. The van der Waals surface area contributed by atoms with Gasteiger partial charge in [0.25, 0.3) is 0 Å². The van der Waals surface area contributed by atoms with Gasteiger partial charge in [0.05, 0.1) is 0 Å². The van der Waals surface area contributed by atoms with Crippen molar-refractivity contribution in [1.82, 2.24) is 0 Å². The molecule has 0 aliphatic heterocycles. The number of aliphatic hydroxyl groups excluding tert-OH is 1. The standard InChI is InChI=1S/C10H20O/c1-8-5-6-10(4,7-11)9(8,2)3/h8,11H,5-7H2,1-4H3/t8-,10-/m0/s1. The van der Waals surface area contributed by atoms with Gasteiger partial charge in [-0.1, -0.05) is 27.7 Å². The number of hydrogen-bond donors (Lipinski definition) is 1. The largest absolute Gasteiger partial charge is 0.396 e. The minimum Gasteiger partial charge on any atom is -0.396 e. The summed E-state index contributed by atoms with van der Waals surface area (Å²) in [5.41, 5.74) is 0.466. The lowest BCUT2D eigenvalue weighted by Crippen LogP contribution is -2.36. The van der Waals surface area contributed by atoms with Gasteiger partial charge in [0, 0.05) is 6.61 Å². The van der Waals surface area contributed by atoms with E-state index >= 15 is 0 Å². The molecule has 1 nitrogen and oxygen atoms in total. The number of hydrogen-bond acceptors (Lipinski definition) is 1. The molecule has 1 heteroatoms. The number of aliphatic hydroxyl groups is 1. The van der Waals surface area contributed by atoms with Gasteiger partial charge in [0.15, 0.2) is 0 Å². The van der Waals surface area contributed by atoms with Gasteiger partial charge >= 0.3 is 0 Å². The maximum absolute atomic E-state index is 9.28. The van der Waals surface area contributed by atoms with Gasteiger partial charge in [0.2, 0.25) is 0 Å². The zero-order valence-corrected chi connectivity index (χ0v) is 8.15. The van der Waals surface area contributed by atoms with E-state index in [1.54, 1.807) is 0 Å². The third kappa shape index (κ3) is 1.10. The number of rotatable bonds is 1. The fourth-order valence-corrected chi connectivity index (χ4v) is 2.10. The van der Waals surface area contributed by atoms with Gasteiger partial charge in [-0.05, 0) is 29.6 Å². The molecule has 11 heavy (non-hydrogen) atoms. The van der Waals surface area contributed by atoms with Crippen LogP contribution in [-0.2, 0) is 0 Å². The van der Waals surface area contributed by atoms with Crippen LogP contribution in [-0.4, -0.2) is 11.7 Å². The van der Waals surface area contributed by atoms with Crippen LogP contribution in [0, 0.1) is 16.7 Å². The zero-order valence-electron chi connectivity index (χ0n) is 8.15. The highest BCUT2D eigenvalue weighted by Gasteiger charge is 2.48. The van der Waals surface area contributed by atoms with Crippen LogP contribution in [0.1, 0.15) is 40.5 Å². The normalized spacial score (nSPS) is 42.8. The van der Waals surface area contributed by atoms with Crippen LogP contribution in [0.4, 0.5) is 0 Å². The van der Waals surface area contributed by atoms with E-state index in [9.17, 15) is 5.11 Å². The molecule has 0 aromatic heterocycles. The Morgan fingerprint density at radius 2 is 1.91 bits per heavy atom. The van der Waals surface area contributed by atoms with Crippen molar-refractivity contribution in [3.05, 3.63) is 0 Å². The van der Waals surface area contributed by atoms with Crippen molar-refractivity contribution in [3.63, 3.8) is 0 Å². The average Bonchev–Trinajstić information content (AvgIpc) is 2.15. The molecule has 0 amide bonds. The Morgan fingerprint density at radius 3 is 2.09 bits per heavy atom. The Hall–Kier alpha value is -0.0400. The monoisotopic (exact) mass is 156 g/mol. The van der Waals surface area contributed by atoms with Crippen molar-refractivity contribution in [3.8, 4) is 0 Å². The van der Waals surface area contributed by atoms with Crippen LogP contribution in [0.15, 0.2) is 0 Å². The van der Waals surface area contributed by atoms with E-state index in [1.807, 2.05) is 0 Å². The lowest BCUT2D eigenvalue weighted by atomic mass is 9.67. The molecule has 1 fully saturated rings. The quantitative estimate of drug-likeness (QED) is 0.618. The first kappa shape index (κ1) is 9.05. The fourth-order valence-electron chi connectivity index (χ4n) is 2.10. The van der Waals surface area contributed by atoms with Crippen LogP contribution in [0.25, 0.3) is 0 Å². The summed E-state index contributed by atoms with van der Waals surface area (Å²) in [6, 6.07) is 0. The molecule has 0 radical (unpaired) electrons. The molecule has 0 spiro atoms. The fraction of sp³-hybridized carbons (Fsp3) is 1.00. The lowest BCUT2D eigenvalue weighted by Gasteiger charge is -2.39. The molecule has 0 bridgehead atoms. The summed E-state index contributed by atoms with van der Waals surface area (Å²) in [7, 11) is 0. The van der Waals surface area contributed by atoms with Crippen LogP contribution >= 0.6 is 0 Å². The summed E-state index contributed by atoms with van der Waals surface area (Å²) in [5, 5.41) is 9.28. The van der Waals surface area contributed by atoms with Crippen LogP contribution < -0.4 is 0 Å². The minimum atomic E-state index is 0.159. The highest BCUT2D eigenvalue weighted by atomic mass is 16.3. The molecule has 1 saturated carbocycles. The van der Waals surface area contributed by atoms with E-state index < -0.39 is 0 Å². The van der Waals surface area contributed by atoms with E-state index in [2.05, 4.69) is 27.7 Å². The van der Waals surface area contributed by atoms with Crippen LogP contribution in [0.5, 0.6) is 0 Å². The molecular formula is C10H20O. The Morgan fingerprint density at radius 1 is 1.36 bits per heavy atom. The van der Waals surface area contributed by atoms with Gasteiger partial charge in [-0.15, -0.1) is 0 Å². The molecule has 0 aromatic rings. The van der Waals surface area contributed by atoms with E-state index in [0.29, 0.717) is 12.0 Å². The van der Waals surface area contributed by atoms with Crippen molar-refractivity contribution in [2.45, 2.75) is 40.5 Å². The first-order valence-corrected chi connectivity index (χ1v) is 4.55. The van der Waals surface area contributed by atoms with Gasteiger partial charge < -0.3 is 5.11 Å². The van der Waals surface area contributed by atoms with Crippen molar-refractivity contribution in [1.29, 1.82) is 0 Å². The Kier molecular flexibility index (Phi) is 2.04. The summed E-state index contributed by atoms with van der Waals surface area (Å²) in [5.74, 6) is 0.750. The van der Waals surface area contributed by atoms with Crippen LogP contribution in [0.2, 0.25) is 0 Å². The Balaban J connectivity index is 2.86. The zero-order chi connectivity index (χ0) is 8.70. The summed E-state index contributed by atoms with van der Waals surface area (Å²) >= 11 is 0. The predicted molar refractivity (Wildman–Crippen MR) is 47.4 cm³/mol. The molecule has 66 valence electrons. The highest BCUT2D eigenvalue weighted by molar-refractivity contribution is 4.98. The molecule has 1 aliphatic carbocycles. The summed E-state index contributed by atoms with van der Waals surface area (Å²) < 4.78 is 0. The molecule has 0 aromatic carbocycles. The topological polar surface area (TPSA) is 20.2 Å². The second kappa shape index (κ2) is 2.48. The maximum atomic E-state index is 9.28. The molecule has 1 aliphatic rings. The highest BCUT2D eigenvalue weighted by Crippen LogP contribution is 2.55.